The van der Waals surface area contributed by atoms with Crippen LogP contribution in [0, 0.1) is 5.92 Å². The fraction of sp³-hybridized carbons (Fsp3) is 0.750. The summed E-state index contributed by atoms with van der Waals surface area (Å²) in [5.74, 6) is -0.836. The van der Waals surface area contributed by atoms with Crippen molar-refractivity contribution < 1.29 is 28.7 Å². The van der Waals surface area contributed by atoms with Gasteiger partial charge in [0.2, 0.25) is 23.6 Å². The number of likely N-dealkylation sites (tertiary alicyclic amines) is 2. The van der Waals surface area contributed by atoms with E-state index in [1.807, 2.05) is 6.26 Å². The first-order valence-corrected chi connectivity index (χ1v) is 9.61. The van der Waals surface area contributed by atoms with E-state index in [-0.39, 0.29) is 73.9 Å². The molecule has 140 valence electrons. The Morgan fingerprint density at radius 3 is 1.84 bits per heavy atom. The molecular weight excluding hydrogens is 348 g/mol. The van der Waals surface area contributed by atoms with Crippen molar-refractivity contribution in [3.8, 4) is 0 Å². The minimum Gasteiger partial charge on any atom is -0.377 e. The van der Waals surface area contributed by atoms with E-state index in [1.54, 1.807) is 6.92 Å². The predicted octanol–water partition coefficient (Wildman–Crippen LogP) is -0.0949. The molecule has 2 rings (SSSR count). The predicted molar refractivity (Wildman–Crippen MR) is 90.8 cm³/mol. The van der Waals surface area contributed by atoms with Gasteiger partial charge in [-0.1, -0.05) is 6.92 Å². The SMILES string of the molecule is CSC1CC(=O)N(CCOCCOCCN2C(=O)C[C@@H](C)C2=O)C1=O. The van der Waals surface area contributed by atoms with Crippen LogP contribution < -0.4 is 0 Å². The van der Waals surface area contributed by atoms with Crippen LogP contribution >= 0.6 is 11.8 Å². The maximum atomic E-state index is 11.9. The van der Waals surface area contributed by atoms with Crippen molar-refractivity contribution in [2.75, 3.05) is 45.8 Å². The van der Waals surface area contributed by atoms with E-state index in [9.17, 15) is 19.2 Å². The molecule has 0 aromatic carbocycles. The second kappa shape index (κ2) is 9.30. The summed E-state index contributed by atoms with van der Waals surface area (Å²) in [5.41, 5.74) is 0. The summed E-state index contributed by atoms with van der Waals surface area (Å²) >= 11 is 1.39. The lowest BCUT2D eigenvalue weighted by Crippen LogP contribution is -2.34. The molecule has 2 atom stereocenters. The van der Waals surface area contributed by atoms with Crippen LogP contribution in [0.4, 0.5) is 0 Å². The monoisotopic (exact) mass is 372 g/mol. The first-order valence-electron chi connectivity index (χ1n) is 8.32. The van der Waals surface area contributed by atoms with Crippen LogP contribution in [0.1, 0.15) is 19.8 Å². The van der Waals surface area contributed by atoms with Crippen LogP contribution in [0.5, 0.6) is 0 Å². The lowest BCUT2D eigenvalue weighted by molar-refractivity contribution is -0.141. The minimum absolute atomic E-state index is 0.145. The molecule has 0 aromatic heterocycles. The third kappa shape index (κ3) is 5.02. The number of thioether (sulfide) groups is 1. The van der Waals surface area contributed by atoms with E-state index in [1.165, 1.54) is 21.6 Å². The molecule has 0 aliphatic carbocycles. The number of imide groups is 2. The maximum absolute atomic E-state index is 11.9. The third-order valence-corrected chi connectivity index (χ3v) is 5.18. The van der Waals surface area contributed by atoms with E-state index in [2.05, 4.69) is 0 Å². The van der Waals surface area contributed by atoms with Crippen LogP contribution in [0.25, 0.3) is 0 Å². The van der Waals surface area contributed by atoms with Crippen LogP contribution in [-0.4, -0.2) is 84.5 Å². The number of amides is 4. The van der Waals surface area contributed by atoms with Gasteiger partial charge in [-0.2, -0.15) is 11.8 Å². The van der Waals surface area contributed by atoms with Crippen molar-refractivity contribution in [3.63, 3.8) is 0 Å². The van der Waals surface area contributed by atoms with Gasteiger partial charge in [-0.3, -0.25) is 29.0 Å². The fourth-order valence-corrected chi connectivity index (χ4v) is 3.43. The van der Waals surface area contributed by atoms with Crippen molar-refractivity contribution >= 4 is 35.4 Å². The van der Waals surface area contributed by atoms with Gasteiger partial charge in [0.05, 0.1) is 44.8 Å². The Balaban J connectivity index is 1.52. The van der Waals surface area contributed by atoms with Crippen LogP contribution in [0.3, 0.4) is 0 Å². The molecule has 8 nitrogen and oxygen atoms in total. The molecule has 0 radical (unpaired) electrons. The Bertz CT molecular complexity index is 541. The van der Waals surface area contributed by atoms with Crippen LogP contribution in [-0.2, 0) is 28.7 Å². The minimum atomic E-state index is -0.269. The van der Waals surface area contributed by atoms with Crippen molar-refractivity contribution in [2.24, 2.45) is 5.92 Å². The zero-order valence-corrected chi connectivity index (χ0v) is 15.4. The molecule has 0 spiro atoms. The first kappa shape index (κ1) is 19.9. The zero-order chi connectivity index (χ0) is 18.4. The molecule has 9 heteroatoms. The van der Waals surface area contributed by atoms with E-state index < -0.39 is 0 Å². The van der Waals surface area contributed by atoms with Gasteiger partial charge in [0, 0.05) is 18.8 Å². The highest BCUT2D eigenvalue weighted by molar-refractivity contribution is 8.00. The molecule has 2 heterocycles. The summed E-state index contributed by atoms with van der Waals surface area (Å²) in [6, 6.07) is 0. The summed E-state index contributed by atoms with van der Waals surface area (Å²) in [7, 11) is 0. The van der Waals surface area contributed by atoms with E-state index >= 15 is 0 Å². The summed E-state index contributed by atoms with van der Waals surface area (Å²) in [6.07, 6.45) is 2.35. The number of carbonyl (C=O) groups excluding carboxylic acids is 4. The topological polar surface area (TPSA) is 93.2 Å². The molecule has 0 saturated carbocycles. The Hall–Kier alpha value is -1.45. The summed E-state index contributed by atoms with van der Waals surface area (Å²) in [4.78, 5) is 49.4. The molecule has 25 heavy (non-hydrogen) atoms. The van der Waals surface area contributed by atoms with Gasteiger partial charge < -0.3 is 9.47 Å². The number of rotatable bonds is 10. The summed E-state index contributed by atoms with van der Waals surface area (Å²) < 4.78 is 10.7. The Morgan fingerprint density at radius 2 is 1.40 bits per heavy atom. The highest BCUT2D eigenvalue weighted by Crippen LogP contribution is 2.22. The molecule has 2 aliphatic heterocycles. The normalized spacial score (nSPS) is 24.1. The van der Waals surface area contributed by atoms with Gasteiger partial charge in [0.25, 0.3) is 0 Å². The van der Waals surface area contributed by atoms with Crippen LogP contribution in [0.2, 0.25) is 0 Å². The van der Waals surface area contributed by atoms with Crippen LogP contribution in [0.15, 0.2) is 0 Å². The average Bonchev–Trinajstić information content (AvgIpc) is 2.99. The van der Waals surface area contributed by atoms with Crippen molar-refractivity contribution in [3.05, 3.63) is 0 Å². The Kier molecular flexibility index (Phi) is 7.39. The molecule has 2 fully saturated rings. The number of ether oxygens (including phenoxy) is 2. The van der Waals surface area contributed by atoms with E-state index in [0.717, 1.165) is 0 Å². The third-order valence-electron chi connectivity index (χ3n) is 4.25. The standard InChI is InChI=1S/C16H24N2O6S/c1-11-9-13(19)17(15(11)21)3-5-23-7-8-24-6-4-18-14(20)10-12(25-2)16(18)22/h11-12H,3-10H2,1-2H3/t11-,12?/m1/s1. The lowest BCUT2D eigenvalue weighted by Gasteiger charge is -2.15. The number of hydrogen-bond acceptors (Lipinski definition) is 7. The van der Waals surface area contributed by atoms with Gasteiger partial charge in [-0.15, -0.1) is 0 Å². The largest absolute Gasteiger partial charge is 0.377 e. The molecule has 2 aliphatic rings. The number of nitrogens with zero attached hydrogens (tertiary/aromatic N) is 2. The quantitative estimate of drug-likeness (QED) is 0.391. The molecular formula is C16H24N2O6S. The van der Waals surface area contributed by atoms with E-state index in [4.69, 9.17) is 9.47 Å². The summed E-state index contributed by atoms with van der Waals surface area (Å²) in [6.45, 7) is 3.43. The van der Waals surface area contributed by atoms with Crippen molar-refractivity contribution in [1.82, 2.24) is 9.80 Å². The zero-order valence-electron chi connectivity index (χ0n) is 14.6. The average molecular weight is 372 g/mol. The molecule has 2 saturated heterocycles. The van der Waals surface area contributed by atoms with E-state index in [0.29, 0.717) is 13.2 Å². The van der Waals surface area contributed by atoms with Gasteiger partial charge in [-0.25, -0.2) is 0 Å². The Labute approximate surface area is 151 Å². The molecule has 0 aromatic rings. The second-order valence-electron chi connectivity index (χ2n) is 6.03. The second-order valence-corrected chi connectivity index (χ2v) is 7.07. The molecule has 4 amide bonds. The fourth-order valence-electron chi connectivity index (χ4n) is 2.79. The molecule has 1 unspecified atom stereocenters. The van der Waals surface area contributed by atoms with Gasteiger partial charge >= 0.3 is 0 Å². The van der Waals surface area contributed by atoms with Gasteiger partial charge in [0.15, 0.2) is 0 Å². The molecule has 0 N–H and O–H groups in total. The maximum Gasteiger partial charge on any atom is 0.242 e. The van der Waals surface area contributed by atoms with Gasteiger partial charge in [0.1, 0.15) is 0 Å². The summed E-state index contributed by atoms with van der Waals surface area (Å²) in [5, 5.41) is -0.269. The highest BCUT2D eigenvalue weighted by Gasteiger charge is 2.37. The number of carbonyl (C=O) groups is 4. The molecule has 0 bridgehead atoms. The smallest absolute Gasteiger partial charge is 0.242 e. The first-order chi connectivity index (χ1) is 12.0. The van der Waals surface area contributed by atoms with Gasteiger partial charge in [-0.05, 0) is 6.26 Å². The van der Waals surface area contributed by atoms with Crippen molar-refractivity contribution in [2.45, 2.75) is 25.0 Å². The highest BCUT2D eigenvalue weighted by atomic mass is 32.2. The Morgan fingerprint density at radius 1 is 0.880 bits per heavy atom. The van der Waals surface area contributed by atoms with Crippen molar-refractivity contribution in [1.29, 1.82) is 0 Å². The lowest BCUT2D eigenvalue weighted by atomic mass is 10.1. The number of hydrogen-bond donors (Lipinski definition) is 0.